The van der Waals surface area contributed by atoms with Gasteiger partial charge in [0.1, 0.15) is 17.3 Å². The molecule has 0 spiro atoms. The molecule has 0 aliphatic carbocycles. The van der Waals surface area contributed by atoms with E-state index >= 15 is 0 Å². The highest BCUT2D eigenvalue weighted by Crippen LogP contribution is 2.22. The van der Waals surface area contributed by atoms with E-state index in [0.29, 0.717) is 29.4 Å². The van der Waals surface area contributed by atoms with Crippen molar-refractivity contribution in [2.75, 3.05) is 18.4 Å². The number of hydrogen-bond donors (Lipinski definition) is 2. The van der Waals surface area contributed by atoms with Crippen LogP contribution in [0.1, 0.15) is 25.9 Å². The van der Waals surface area contributed by atoms with Crippen LogP contribution in [0.5, 0.6) is 0 Å². The van der Waals surface area contributed by atoms with Crippen molar-refractivity contribution in [1.82, 2.24) is 10.3 Å². The monoisotopic (exact) mass is 431 g/mol. The molecule has 1 heterocycles. The molecule has 7 heteroatoms. The normalized spacial score (nSPS) is 10.6. The average molecular weight is 432 g/mol. The number of hydrogen-bond acceptors (Lipinski definition) is 6. The first-order valence-electron chi connectivity index (χ1n) is 9.87. The van der Waals surface area contributed by atoms with Crippen molar-refractivity contribution < 1.29 is 14.3 Å². The highest BCUT2D eigenvalue weighted by Gasteiger charge is 2.12. The van der Waals surface area contributed by atoms with Gasteiger partial charge in [-0.25, -0.2) is 9.78 Å². The van der Waals surface area contributed by atoms with Crippen LogP contribution in [0.3, 0.4) is 0 Å². The van der Waals surface area contributed by atoms with E-state index in [0.717, 1.165) is 11.1 Å². The van der Waals surface area contributed by atoms with E-state index in [1.54, 1.807) is 29.6 Å². The topological polar surface area (TPSA) is 80.3 Å². The third-order valence-corrected chi connectivity index (χ3v) is 5.46. The summed E-state index contributed by atoms with van der Waals surface area (Å²) in [6.45, 7) is 1.08. The minimum atomic E-state index is -0.415. The Kier molecular flexibility index (Phi) is 6.54. The molecule has 0 unspecified atom stereocenters. The lowest BCUT2D eigenvalue weighted by atomic mass is 10.1. The first-order chi connectivity index (χ1) is 15.2. The number of carbonyl (C=O) groups excluding carboxylic acids is 2. The number of amides is 1. The van der Waals surface area contributed by atoms with Crippen molar-refractivity contribution >= 4 is 39.7 Å². The fraction of sp³-hybridized carbons (Fsp3) is 0.125. The average Bonchev–Trinajstić information content (AvgIpc) is 3.30. The van der Waals surface area contributed by atoms with E-state index in [4.69, 9.17) is 4.74 Å². The summed E-state index contributed by atoms with van der Waals surface area (Å²) in [4.78, 5) is 28.6. The summed E-state index contributed by atoms with van der Waals surface area (Å²) in [5, 5.41) is 10.8. The largest absolute Gasteiger partial charge is 0.455 e. The predicted molar refractivity (Wildman–Crippen MR) is 122 cm³/mol. The van der Waals surface area contributed by atoms with Crippen molar-refractivity contribution in [2.24, 2.45) is 0 Å². The van der Waals surface area contributed by atoms with E-state index < -0.39 is 5.97 Å². The number of fused-ring (bicyclic) bond motifs is 1. The van der Waals surface area contributed by atoms with Crippen LogP contribution in [-0.2, 0) is 11.3 Å². The SMILES string of the molecule is O=C(OCc1nc(C(=O)NCCNc2cccc3ccccc23)cs1)c1ccccc1. The summed E-state index contributed by atoms with van der Waals surface area (Å²) in [5.41, 5.74) is 1.83. The zero-order chi connectivity index (χ0) is 21.5. The van der Waals surface area contributed by atoms with Gasteiger partial charge in [0.15, 0.2) is 0 Å². The van der Waals surface area contributed by atoms with E-state index in [-0.39, 0.29) is 12.5 Å². The predicted octanol–water partition coefficient (Wildman–Crippen LogP) is 4.50. The van der Waals surface area contributed by atoms with Gasteiger partial charge in [0.2, 0.25) is 0 Å². The highest BCUT2D eigenvalue weighted by atomic mass is 32.1. The molecule has 0 radical (unpaired) electrons. The van der Waals surface area contributed by atoms with Crippen molar-refractivity contribution in [3.05, 3.63) is 94.4 Å². The van der Waals surface area contributed by atoms with Gasteiger partial charge in [0.05, 0.1) is 5.56 Å². The quantitative estimate of drug-likeness (QED) is 0.317. The van der Waals surface area contributed by atoms with Crippen molar-refractivity contribution in [3.8, 4) is 0 Å². The van der Waals surface area contributed by atoms with Gasteiger partial charge in [-0.1, -0.05) is 54.6 Å². The maximum absolute atomic E-state index is 12.3. The molecule has 3 aromatic carbocycles. The molecular weight excluding hydrogens is 410 g/mol. The number of benzene rings is 3. The summed E-state index contributed by atoms with van der Waals surface area (Å²) in [6, 6.07) is 23.0. The molecule has 1 amide bonds. The van der Waals surface area contributed by atoms with E-state index in [1.165, 1.54) is 16.7 Å². The minimum Gasteiger partial charge on any atom is -0.455 e. The van der Waals surface area contributed by atoms with Crippen LogP contribution in [0, 0.1) is 0 Å². The molecule has 0 bridgehead atoms. The number of carbonyl (C=O) groups is 2. The number of esters is 1. The van der Waals surface area contributed by atoms with Crippen LogP contribution in [-0.4, -0.2) is 29.9 Å². The molecule has 4 aromatic rings. The highest BCUT2D eigenvalue weighted by molar-refractivity contribution is 7.09. The molecule has 0 atom stereocenters. The maximum atomic E-state index is 12.3. The summed E-state index contributed by atoms with van der Waals surface area (Å²) in [5.74, 6) is -0.669. The van der Waals surface area contributed by atoms with E-state index in [1.807, 2.05) is 30.3 Å². The molecular formula is C24H21N3O3S. The van der Waals surface area contributed by atoms with Crippen molar-refractivity contribution in [2.45, 2.75) is 6.61 Å². The molecule has 6 nitrogen and oxygen atoms in total. The van der Waals surface area contributed by atoms with Gasteiger partial charge in [-0.15, -0.1) is 11.3 Å². The molecule has 0 aliphatic heterocycles. The number of thiazole rings is 1. The number of aromatic nitrogens is 1. The van der Waals surface area contributed by atoms with Gasteiger partial charge in [-0.3, -0.25) is 4.79 Å². The lowest BCUT2D eigenvalue weighted by Gasteiger charge is -2.10. The van der Waals surface area contributed by atoms with Gasteiger partial charge in [-0.05, 0) is 23.6 Å². The number of anilines is 1. The second-order valence-corrected chi connectivity index (χ2v) is 7.72. The molecule has 2 N–H and O–H groups in total. The Morgan fingerprint density at radius 3 is 2.55 bits per heavy atom. The van der Waals surface area contributed by atoms with Gasteiger partial charge in [0, 0.05) is 29.5 Å². The van der Waals surface area contributed by atoms with Gasteiger partial charge >= 0.3 is 5.97 Å². The van der Waals surface area contributed by atoms with Gasteiger partial charge in [-0.2, -0.15) is 0 Å². The lowest BCUT2D eigenvalue weighted by Crippen LogP contribution is -2.29. The summed E-state index contributed by atoms with van der Waals surface area (Å²) in [7, 11) is 0. The molecule has 0 fully saturated rings. The second kappa shape index (κ2) is 9.86. The number of rotatable bonds is 8. The zero-order valence-corrected chi connectivity index (χ0v) is 17.5. The minimum absolute atomic E-state index is 0.0360. The molecule has 0 saturated carbocycles. The summed E-state index contributed by atoms with van der Waals surface area (Å²) >= 11 is 1.29. The number of ether oxygens (including phenoxy) is 1. The fourth-order valence-electron chi connectivity index (χ4n) is 3.11. The van der Waals surface area contributed by atoms with Crippen LogP contribution < -0.4 is 10.6 Å². The molecule has 0 saturated heterocycles. The third-order valence-electron chi connectivity index (χ3n) is 4.64. The molecule has 4 rings (SSSR count). The van der Waals surface area contributed by atoms with Crippen LogP contribution >= 0.6 is 11.3 Å². The number of nitrogens with one attached hydrogen (secondary N) is 2. The Balaban J connectivity index is 1.24. The maximum Gasteiger partial charge on any atom is 0.338 e. The molecule has 0 aliphatic rings. The van der Waals surface area contributed by atoms with E-state index in [2.05, 4.69) is 33.8 Å². The van der Waals surface area contributed by atoms with Crippen LogP contribution in [0.25, 0.3) is 10.8 Å². The Bertz CT molecular complexity index is 1190. The van der Waals surface area contributed by atoms with Crippen LogP contribution in [0.15, 0.2) is 78.2 Å². The first kappa shape index (κ1) is 20.6. The van der Waals surface area contributed by atoms with Crippen molar-refractivity contribution in [3.63, 3.8) is 0 Å². The molecule has 31 heavy (non-hydrogen) atoms. The van der Waals surface area contributed by atoms with Crippen LogP contribution in [0.4, 0.5) is 5.69 Å². The van der Waals surface area contributed by atoms with Gasteiger partial charge < -0.3 is 15.4 Å². The molecule has 1 aromatic heterocycles. The van der Waals surface area contributed by atoms with E-state index in [9.17, 15) is 9.59 Å². The molecule has 156 valence electrons. The van der Waals surface area contributed by atoms with Crippen LogP contribution in [0.2, 0.25) is 0 Å². The Morgan fingerprint density at radius 2 is 1.68 bits per heavy atom. The van der Waals surface area contributed by atoms with Crippen molar-refractivity contribution in [1.29, 1.82) is 0 Å². The summed E-state index contributed by atoms with van der Waals surface area (Å²) in [6.07, 6.45) is 0. The number of nitrogens with zero attached hydrogens (tertiary/aromatic N) is 1. The summed E-state index contributed by atoms with van der Waals surface area (Å²) < 4.78 is 5.26. The lowest BCUT2D eigenvalue weighted by molar-refractivity contribution is 0.0472. The Morgan fingerprint density at radius 1 is 0.903 bits per heavy atom. The zero-order valence-electron chi connectivity index (χ0n) is 16.7. The Labute approximate surface area is 183 Å². The smallest absolute Gasteiger partial charge is 0.338 e. The fourth-order valence-corrected chi connectivity index (χ4v) is 3.80. The first-order valence-corrected chi connectivity index (χ1v) is 10.7. The second-order valence-electron chi connectivity index (χ2n) is 6.78. The standard InChI is InChI=1S/C24H21N3O3S/c28-23(26-14-13-25-20-12-6-10-17-7-4-5-11-19(17)20)21-16-31-22(27-21)15-30-24(29)18-8-2-1-3-9-18/h1-12,16,25H,13-15H2,(H,26,28). The van der Waals surface area contributed by atoms with Gasteiger partial charge in [0.25, 0.3) is 5.91 Å². The Hall–Kier alpha value is -3.71. The third kappa shape index (κ3) is 5.26.